The van der Waals surface area contributed by atoms with Gasteiger partial charge in [-0.2, -0.15) is 0 Å². The first-order valence-electron chi connectivity index (χ1n) is 8.25. The third kappa shape index (κ3) is 3.91. The summed E-state index contributed by atoms with van der Waals surface area (Å²) in [6, 6.07) is 13.2. The zero-order chi connectivity index (χ0) is 18.8. The first-order chi connectivity index (χ1) is 13.1. The van der Waals surface area contributed by atoms with Gasteiger partial charge in [-0.15, -0.1) is 10.2 Å². The number of carbonyl (C=O) groups excluding carboxylic acids is 1. The highest BCUT2D eigenvalue weighted by atomic mass is 35.5. The Kier molecular flexibility index (Phi) is 5.00. The SMILES string of the molecule is O=C(CSc1nnc2n1CCN2c1ccc(F)cc1)Nc1ccc(Cl)cc1. The molecule has 0 aliphatic carbocycles. The molecule has 0 atom stereocenters. The summed E-state index contributed by atoms with van der Waals surface area (Å²) in [7, 11) is 0. The normalized spacial score (nSPS) is 12.9. The largest absolute Gasteiger partial charge is 0.325 e. The molecule has 9 heteroatoms. The predicted octanol–water partition coefficient (Wildman–Crippen LogP) is 3.95. The molecule has 1 aliphatic heterocycles. The van der Waals surface area contributed by atoms with Crippen molar-refractivity contribution in [2.45, 2.75) is 11.7 Å². The molecule has 27 heavy (non-hydrogen) atoms. The molecule has 0 saturated heterocycles. The quantitative estimate of drug-likeness (QED) is 0.653. The maximum absolute atomic E-state index is 13.1. The van der Waals surface area contributed by atoms with Crippen LogP contribution in [0.3, 0.4) is 0 Å². The second-order valence-corrected chi connectivity index (χ2v) is 7.28. The zero-order valence-corrected chi connectivity index (χ0v) is 15.7. The molecule has 1 N–H and O–H groups in total. The van der Waals surface area contributed by atoms with E-state index in [1.807, 2.05) is 9.47 Å². The minimum absolute atomic E-state index is 0.131. The van der Waals surface area contributed by atoms with Crippen molar-refractivity contribution in [3.63, 3.8) is 0 Å². The number of nitrogens with zero attached hydrogens (tertiary/aromatic N) is 4. The fourth-order valence-corrected chi connectivity index (χ4v) is 3.69. The van der Waals surface area contributed by atoms with Crippen LogP contribution in [0.2, 0.25) is 5.02 Å². The molecule has 3 aromatic rings. The fourth-order valence-electron chi connectivity index (χ4n) is 2.81. The maximum atomic E-state index is 13.1. The second kappa shape index (κ2) is 7.58. The summed E-state index contributed by atoms with van der Waals surface area (Å²) < 4.78 is 15.1. The van der Waals surface area contributed by atoms with Crippen molar-refractivity contribution in [1.29, 1.82) is 0 Å². The molecule has 2 heterocycles. The summed E-state index contributed by atoms with van der Waals surface area (Å²) in [6.07, 6.45) is 0. The molecular formula is C18H15ClFN5OS. The Balaban J connectivity index is 1.40. The van der Waals surface area contributed by atoms with Crippen molar-refractivity contribution in [2.24, 2.45) is 0 Å². The van der Waals surface area contributed by atoms with E-state index >= 15 is 0 Å². The number of anilines is 3. The lowest BCUT2D eigenvalue weighted by molar-refractivity contribution is -0.113. The standard InChI is InChI=1S/C18H15ClFN5OS/c19-12-1-5-14(6-2-12)21-16(26)11-27-18-23-22-17-24(9-10-25(17)18)15-7-3-13(20)4-8-15/h1-8H,9-11H2,(H,21,26). The maximum Gasteiger partial charge on any atom is 0.234 e. The molecule has 138 valence electrons. The Bertz CT molecular complexity index is 961. The summed E-state index contributed by atoms with van der Waals surface area (Å²) in [5.74, 6) is 0.509. The van der Waals surface area contributed by atoms with E-state index in [0.29, 0.717) is 28.4 Å². The first-order valence-corrected chi connectivity index (χ1v) is 9.61. The van der Waals surface area contributed by atoms with E-state index in [0.717, 1.165) is 12.2 Å². The van der Waals surface area contributed by atoms with Crippen LogP contribution in [0.1, 0.15) is 0 Å². The van der Waals surface area contributed by atoms with Crippen LogP contribution in [0.25, 0.3) is 0 Å². The number of nitrogens with one attached hydrogen (secondary N) is 1. The van der Waals surface area contributed by atoms with Crippen LogP contribution in [0, 0.1) is 5.82 Å². The fraction of sp³-hybridized carbons (Fsp3) is 0.167. The molecule has 6 nitrogen and oxygen atoms in total. The van der Waals surface area contributed by atoms with Gasteiger partial charge in [0.2, 0.25) is 11.9 Å². The zero-order valence-electron chi connectivity index (χ0n) is 14.1. The summed E-state index contributed by atoms with van der Waals surface area (Å²) in [5, 5.41) is 12.5. The lowest BCUT2D eigenvalue weighted by Crippen LogP contribution is -2.14. The van der Waals surface area contributed by atoms with Crippen LogP contribution in [0.4, 0.5) is 21.7 Å². The molecule has 0 fully saturated rings. The molecule has 4 rings (SSSR count). The van der Waals surface area contributed by atoms with Crippen LogP contribution >= 0.6 is 23.4 Å². The summed E-state index contributed by atoms with van der Waals surface area (Å²) in [5.41, 5.74) is 1.55. The van der Waals surface area contributed by atoms with E-state index in [9.17, 15) is 9.18 Å². The number of benzene rings is 2. The number of aromatic nitrogens is 3. The van der Waals surface area contributed by atoms with E-state index in [1.54, 1.807) is 36.4 Å². The third-order valence-corrected chi connectivity index (χ3v) is 5.30. The molecular weight excluding hydrogens is 389 g/mol. The van der Waals surface area contributed by atoms with Gasteiger partial charge in [-0.1, -0.05) is 23.4 Å². The lowest BCUT2D eigenvalue weighted by atomic mass is 10.3. The highest BCUT2D eigenvalue weighted by Crippen LogP contribution is 2.32. The van der Waals surface area contributed by atoms with Crippen LogP contribution in [0.15, 0.2) is 53.7 Å². The first kappa shape index (κ1) is 17.8. The Morgan fingerprint density at radius 3 is 2.59 bits per heavy atom. The van der Waals surface area contributed by atoms with Crippen LogP contribution in [-0.2, 0) is 11.3 Å². The number of rotatable bonds is 5. The lowest BCUT2D eigenvalue weighted by Gasteiger charge is -2.14. The van der Waals surface area contributed by atoms with E-state index in [2.05, 4.69) is 15.5 Å². The molecule has 0 unspecified atom stereocenters. The number of carbonyl (C=O) groups is 1. The Labute approximate surface area is 164 Å². The van der Waals surface area contributed by atoms with Gasteiger partial charge < -0.3 is 10.2 Å². The minimum atomic E-state index is -0.276. The molecule has 0 bridgehead atoms. The highest BCUT2D eigenvalue weighted by Gasteiger charge is 2.26. The van der Waals surface area contributed by atoms with Crippen LogP contribution in [-0.4, -0.2) is 33.0 Å². The molecule has 1 aliphatic rings. The van der Waals surface area contributed by atoms with Crippen molar-refractivity contribution in [3.8, 4) is 0 Å². The Morgan fingerprint density at radius 1 is 1.11 bits per heavy atom. The number of amides is 1. The second-order valence-electron chi connectivity index (χ2n) is 5.91. The molecule has 2 aromatic carbocycles. The van der Waals surface area contributed by atoms with Gasteiger partial charge in [-0.3, -0.25) is 9.36 Å². The van der Waals surface area contributed by atoms with Crippen LogP contribution < -0.4 is 10.2 Å². The molecule has 0 spiro atoms. The van der Waals surface area contributed by atoms with Gasteiger partial charge in [0.25, 0.3) is 0 Å². The van der Waals surface area contributed by atoms with E-state index in [-0.39, 0.29) is 17.5 Å². The molecule has 0 radical (unpaired) electrons. The Morgan fingerprint density at radius 2 is 1.85 bits per heavy atom. The van der Waals surface area contributed by atoms with Gasteiger partial charge in [-0.05, 0) is 48.5 Å². The Hall–Kier alpha value is -2.58. The highest BCUT2D eigenvalue weighted by molar-refractivity contribution is 7.99. The minimum Gasteiger partial charge on any atom is -0.325 e. The summed E-state index contributed by atoms with van der Waals surface area (Å²) >= 11 is 7.16. The van der Waals surface area contributed by atoms with E-state index in [1.165, 1.54) is 23.9 Å². The average Bonchev–Trinajstić information content (AvgIpc) is 3.25. The topological polar surface area (TPSA) is 63.1 Å². The number of hydrogen-bond acceptors (Lipinski definition) is 5. The number of thioether (sulfide) groups is 1. The van der Waals surface area contributed by atoms with Crippen molar-refractivity contribution < 1.29 is 9.18 Å². The van der Waals surface area contributed by atoms with Gasteiger partial charge in [0.15, 0.2) is 5.16 Å². The van der Waals surface area contributed by atoms with Gasteiger partial charge in [-0.25, -0.2) is 4.39 Å². The van der Waals surface area contributed by atoms with Gasteiger partial charge in [0, 0.05) is 29.5 Å². The number of hydrogen-bond donors (Lipinski definition) is 1. The summed E-state index contributed by atoms with van der Waals surface area (Å²) in [6.45, 7) is 1.43. The number of fused-ring (bicyclic) bond motifs is 1. The number of halogens is 2. The van der Waals surface area contributed by atoms with E-state index < -0.39 is 0 Å². The predicted molar refractivity (Wildman–Crippen MR) is 104 cm³/mol. The van der Waals surface area contributed by atoms with Crippen molar-refractivity contribution >= 4 is 46.6 Å². The molecule has 1 amide bonds. The van der Waals surface area contributed by atoms with Crippen LogP contribution in [0.5, 0.6) is 0 Å². The average molecular weight is 404 g/mol. The van der Waals surface area contributed by atoms with Crippen molar-refractivity contribution in [1.82, 2.24) is 14.8 Å². The third-order valence-electron chi connectivity index (χ3n) is 4.08. The van der Waals surface area contributed by atoms with Crippen molar-refractivity contribution in [2.75, 3.05) is 22.5 Å². The van der Waals surface area contributed by atoms with E-state index in [4.69, 9.17) is 11.6 Å². The van der Waals surface area contributed by atoms with Gasteiger partial charge in [0.1, 0.15) is 5.82 Å². The van der Waals surface area contributed by atoms with Gasteiger partial charge in [0.05, 0.1) is 5.75 Å². The monoisotopic (exact) mass is 403 g/mol. The van der Waals surface area contributed by atoms with Gasteiger partial charge >= 0.3 is 0 Å². The molecule has 0 saturated carbocycles. The van der Waals surface area contributed by atoms with Crippen molar-refractivity contribution in [3.05, 3.63) is 59.4 Å². The molecule has 1 aromatic heterocycles. The smallest absolute Gasteiger partial charge is 0.234 e. The summed E-state index contributed by atoms with van der Waals surface area (Å²) in [4.78, 5) is 14.1.